The van der Waals surface area contributed by atoms with E-state index in [0.717, 1.165) is 16.2 Å². The van der Waals surface area contributed by atoms with Gasteiger partial charge in [0.25, 0.3) is 5.91 Å². The second-order valence-corrected chi connectivity index (χ2v) is 9.61. The molecule has 9 heteroatoms. The first kappa shape index (κ1) is 23.6. The maximum absolute atomic E-state index is 14.0. The summed E-state index contributed by atoms with van der Waals surface area (Å²) < 4.78 is 12.4. The number of para-hydroxylation sites is 2. The van der Waals surface area contributed by atoms with Gasteiger partial charge in [0.2, 0.25) is 5.91 Å². The minimum Gasteiger partial charge on any atom is -0.497 e. The zero-order valence-corrected chi connectivity index (χ0v) is 21.0. The topological polar surface area (TPSA) is 85.7 Å². The van der Waals surface area contributed by atoms with Gasteiger partial charge in [-0.1, -0.05) is 30.3 Å². The fourth-order valence-electron chi connectivity index (χ4n) is 4.43. The summed E-state index contributed by atoms with van der Waals surface area (Å²) in [7, 11) is 3.16. The molecule has 2 amide bonds. The van der Waals surface area contributed by atoms with Gasteiger partial charge in [-0.25, -0.2) is 0 Å². The van der Waals surface area contributed by atoms with E-state index < -0.39 is 5.54 Å². The van der Waals surface area contributed by atoms with E-state index in [1.54, 1.807) is 55.4 Å². The number of amides is 2. The second-order valence-electron chi connectivity index (χ2n) is 8.67. The van der Waals surface area contributed by atoms with Gasteiger partial charge in [-0.3, -0.25) is 19.2 Å². The third-order valence-electron chi connectivity index (χ3n) is 6.35. The summed E-state index contributed by atoms with van der Waals surface area (Å²) >= 11 is 1.55. The van der Waals surface area contributed by atoms with Gasteiger partial charge in [-0.05, 0) is 54.3 Å². The van der Waals surface area contributed by atoms with E-state index in [4.69, 9.17) is 9.47 Å². The largest absolute Gasteiger partial charge is 0.497 e. The van der Waals surface area contributed by atoms with E-state index in [0.29, 0.717) is 29.4 Å². The number of nitrogens with zero attached hydrogens (tertiary/aromatic N) is 3. The number of hydrogen-bond acceptors (Lipinski definition) is 6. The SMILES string of the molecule is COc1ccc(CNC(=O)[C@@]2(C)Cn3nc(-c4cccs4)cc3C(=O)N2c2ccccc2OC)cc1. The molecule has 0 radical (unpaired) electrons. The molecule has 4 aromatic rings. The zero-order chi connectivity index (χ0) is 25.3. The van der Waals surface area contributed by atoms with E-state index in [9.17, 15) is 9.59 Å². The van der Waals surface area contributed by atoms with Gasteiger partial charge in [0.05, 0.1) is 31.3 Å². The summed E-state index contributed by atoms with van der Waals surface area (Å²) in [6.45, 7) is 2.25. The molecule has 1 aliphatic rings. The van der Waals surface area contributed by atoms with Crippen LogP contribution in [0, 0.1) is 0 Å². The molecule has 0 saturated heterocycles. The normalized spacial score (nSPS) is 17.0. The molecule has 0 aliphatic carbocycles. The van der Waals surface area contributed by atoms with Crippen LogP contribution in [-0.4, -0.2) is 41.4 Å². The molecule has 0 fully saturated rings. The lowest BCUT2D eigenvalue weighted by Crippen LogP contribution is -2.64. The summed E-state index contributed by atoms with van der Waals surface area (Å²) in [6.07, 6.45) is 0. The van der Waals surface area contributed by atoms with Crippen LogP contribution in [0.4, 0.5) is 5.69 Å². The Morgan fingerprint density at radius 2 is 1.86 bits per heavy atom. The molecule has 0 saturated carbocycles. The van der Waals surface area contributed by atoms with Crippen molar-refractivity contribution >= 4 is 28.8 Å². The maximum atomic E-state index is 14.0. The number of benzene rings is 2. The number of thiophene rings is 1. The molecule has 3 heterocycles. The van der Waals surface area contributed by atoms with Crippen molar-refractivity contribution in [2.45, 2.75) is 25.6 Å². The van der Waals surface area contributed by atoms with Gasteiger partial charge in [0.15, 0.2) is 0 Å². The van der Waals surface area contributed by atoms with Crippen molar-refractivity contribution in [3.05, 3.63) is 83.4 Å². The summed E-state index contributed by atoms with van der Waals surface area (Å²) in [5.74, 6) is 0.635. The van der Waals surface area contributed by atoms with Crippen molar-refractivity contribution in [1.82, 2.24) is 15.1 Å². The van der Waals surface area contributed by atoms with Crippen molar-refractivity contribution in [2.75, 3.05) is 19.1 Å². The second kappa shape index (κ2) is 9.50. The van der Waals surface area contributed by atoms with E-state index in [1.807, 2.05) is 53.9 Å². The molecule has 0 bridgehead atoms. The Morgan fingerprint density at radius 3 is 2.56 bits per heavy atom. The average molecular weight is 503 g/mol. The molecule has 2 aromatic carbocycles. The van der Waals surface area contributed by atoms with E-state index >= 15 is 0 Å². The summed E-state index contributed by atoms with van der Waals surface area (Å²) in [4.78, 5) is 30.2. The van der Waals surface area contributed by atoms with Gasteiger partial charge in [-0.15, -0.1) is 11.3 Å². The maximum Gasteiger partial charge on any atom is 0.277 e. The van der Waals surface area contributed by atoms with Gasteiger partial charge in [-0.2, -0.15) is 5.10 Å². The third kappa shape index (κ3) is 4.11. The number of ether oxygens (including phenoxy) is 2. The number of aromatic nitrogens is 2. The first-order valence-corrected chi connectivity index (χ1v) is 12.3. The Kier molecular flexibility index (Phi) is 6.24. The molecule has 184 valence electrons. The summed E-state index contributed by atoms with van der Waals surface area (Å²) in [6, 6.07) is 20.4. The number of hydrogen-bond donors (Lipinski definition) is 1. The molecule has 1 aliphatic heterocycles. The van der Waals surface area contributed by atoms with Crippen molar-refractivity contribution < 1.29 is 19.1 Å². The first-order valence-electron chi connectivity index (χ1n) is 11.4. The van der Waals surface area contributed by atoms with Crippen LogP contribution >= 0.6 is 11.3 Å². The van der Waals surface area contributed by atoms with Crippen molar-refractivity contribution in [3.63, 3.8) is 0 Å². The molecule has 36 heavy (non-hydrogen) atoms. The van der Waals surface area contributed by atoms with Crippen molar-refractivity contribution in [1.29, 1.82) is 0 Å². The van der Waals surface area contributed by atoms with Crippen LogP contribution in [0.5, 0.6) is 11.5 Å². The number of anilines is 1. The summed E-state index contributed by atoms with van der Waals surface area (Å²) in [5.41, 5.74) is 1.31. The molecule has 5 rings (SSSR count). The van der Waals surface area contributed by atoms with E-state index in [-0.39, 0.29) is 18.4 Å². The Bertz CT molecular complexity index is 1400. The first-order chi connectivity index (χ1) is 17.4. The lowest BCUT2D eigenvalue weighted by Gasteiger charge is -2.43. The van der Waals surface area contributed by atoms with Gasteiger partial charge >= 0.3 is 0 Å². The Hall–Kier alpha value is -4.11. The van der Waals surface area contributed by atoms with Crippen LogP contribution in [0.3, 0.4) is 0 Å². The molecule has 1 atom stereocenters. The van der Waals surface area contributed by atoms with Crippen LogP contribution in [0.1, 0.15) is 23.0 Å². The van der Waals surface area contributed by atoms with Crippen LogP contribution in [0.15, 0.2) is 72.1 Å². The van der Waals surface area contributed by atoms with Gasteiger partial charge in [0, 0.05) is 6.54 Å². The monoisotopic (exact) mass is 502 g/mol. The third-order valence-corrected chi connectivity index (χ3v) is 7.25. The lowest BCUT2D eigenvalue weighted by atomic mass is 9.93. The fourth-order valence-corrected chi connectivity index (χ4v) is 5.12. The van der Waals surface area contributed by atoms with Crippen LogP contribution in [-0.2, 0) is 17.9 Å². The number of methoxy groups -OCH3 is 2. The molecule has 0 unspecified atom stereocenters. The van der Waals surface area contributed by atoms with Gasteiger partial charge in [0.1, 0.15) is 28.4 Å². The number of rotatable bonds is 7. The predicted molar refractivity (Wildman–Crippen MR) is 139 cm³/mol. The lowest BCUT2D eigenvalue weighted by molar-refractivity contribution is -0.126. The molecule has 8 nitrogen and oxygen atoms in total. The van der Waals surface area contributed by atoms with Gasteiger partial charge < -0.3 is 14.8 Å². The quantitative estimate of drug-likeness (QED) is 0.406. The van der Waals surface area contributed by atoms with E-state index in [1.165, 1.54) is 4.90 Å². The molecular formula is C27H26N4O4S. The number of nitrogens with one attached hydrogen (secondary N) is 1. The Balaban J connectivity index is 1.53. The highest BCUT2D eigenvalue weighted by Crippen LogP contribution is 2.39. The summed E-state index contributed by atoms with van der Waals surface area (Å²) in [5, 5.41) is 9.67. The zero-order valence-electron chi connectivity index (χ0n) is 20.2. The van der Waals surface area contributed by atoms with Crippen molar-refractivity contribution in [3.8, 4) is 22.1 Å². The Morgan fingerprint density at radius 1 is 1.08 bits per heavy atom. The average Bonchev–Trinajstić information content (AvgIpc) is 3.58. The molecular weight excluding hydrogens is 476 g/mol. The highest BCUT2D eigenvalue weighted by Gasteiger charge is 2.49. The minimum absolute atomic E-state index is 0.186. The number of carbonyl (C=O) groups is 2. The number of fused-ring (bicyclic) bond motifs is 1. The predicted octanol–water partition coefficient (Wildman–Crippen LogP) is 4.36. The molecule has 0 spiro atoms. The minimum atomic E-state index is -1.26. The van der Waals surface area contributed by atoms with Crippen LogP contribution in [0.2, 0.25) is 0 Å². The standard InChI is InChI=1S/C27H26N4O4S/c1-27(26(33)28-16-18-10-12-19(34-2)13-11-18)17-30-22(15-20(29-30)24-9-6-14-36-24)25(32)31(27)21-7-4-5-8-23(21)35-3/h4-15H,16-17H2,1-3H3,(H,28,33)/t27-/m1/s1. The van der Waals surface area contributed by atoms with Crippen molar-refractivity contribution in [2.24, 2.45) is 0 Å². The van der Waals surface area contributed by atoms with Crippen LogP contribution < -0.4 is 19.7 Å². The fraction of sp³-hybridized carbons (Fsp3) is 0.222. The molecule has 2 aromatic heterocycles. The number of carbonyl (C=O) groups excluding carboxylic acids is 2. The smallest absolute Gasteiger partial charge is 0.277 e. The van der Waals surface area contributed by atoms with Crippen LogP contribution in [0.25, 0.3) is 10.6 Å². The highest BCUT2D eigenvalue weighted by molar-refractivity contribution is 7.13. The highest BCUT2D eigenvalue weighted by atomic mass is 32.1. The Labute approximate surface area is 213 Å². The van der Waals surface area contributed by atoms with E-state index in [2.05, 4.69) is 10.4 Å². The molecule has 1 N–H and O–H groups in total.